The summed E-state index contributed by atoms with van der Waals surface area (Å²) in [6.45, 7) is 7.05. The first-order valence-electron chi connectivity index (χ1n) is 9.93. The molecule has 1 amide bonds. The lowest BCUT2D eigenvalue weighted by molar-refractivity contribution is 0.0942. The molecule has 3 nitrogen and oxygen atoms in total. The number of fused-ring (bicyclic) bond motifs is 3. The molecule has 27 heavy (non-hydrogen) atoms. The van der Waals surface area contributed by atoms with Gasteiger partial charge in [0.2, 0.25) is 0 Å². The van der Waals surface area contributed by atoms with Crippen LogP contribution in [0.5, 0.6) is 0 Å². The van der Waals surface area contributed by atoms with Crippen molar-refractivity contribution in [2.45, 2.75) is 52.6 Å². The second-order valence-electron chi connectivity index (χ2n) is 8.36. The van der Waals surface area contributed by atoms with Gasteiger partial charge in [0, 0.05) is 4.88 Å². The quantitative estimate of drug-likeness (QED) is 0.737. The number of anilines is 1. The third-order valence-corrected chi connectivity index (χ3v) is 7.55. The molecule has 1 aromatic carbocycles. The highest BCUT2D eigenvalue weighted by atomic mass is 32.1. The number of hydrogen-bond donors (Lipinski definition) is 2. The van der Waals surface area contributed by atoms with Crippen molar-refractivity contribution in [3.63, 3.8) is 0 Å². The third-order valence-electron chi connectivity index (χ3n) is 6.36. The summed E-state index contributed by atoms with van der Waals surface area (Å²) in [4.78, 5) is 14.2. The standard InChI is InChI=1S/C23H28N2OS/c1-4-23(2,3)16-11-12-17-18(14-16)27-22-20(17)21(26)24-19(25-22)13-10-15-8-6-5-7-9-15/h5-10,13,16,19,25H,4,11-12,14H2,1-3H3,(H,24,26)/b13-10+/t16-,19-/m0/s1. The Balaban J connectivity index is 1.55. The molecular weight excluding hydrogens is 352 g/mol. The summed E-state index contributed by atoms with van der Waals surface area (Å²) in [6.07, 6.45) is 8.43. The average Bonchev–Trinajstić information content (AvgIpc) is 3.05. The highest BCUT2D eigenvalue weighted by Crippen LogP contribution is 2.46. The van der Waals surface area contributed by atoms with E-state index in [4.69, 9.17) is 0 Å². The van der Waals surface area contributed by atoms with E-state index < -0.39 is 0 Å². The van der Waals surface area contributed by atoms with E-state index in [9.17, 15) is 4.79 Å². The van der Waals surface area contributed by atoms with E-state index in [1.54, 1.807) is 11.3 Å². The van der Waals surface area contributed by atoms with Gasteiger partial charge >= 0.3 is 0 Å². The predicted molar refractivity (Wildman–Crippen MR) is 114 cm³/mol. The van der Waals surface area contributed by atoms with E-state index in [0.717, 1.165) is 29.0 Å². The number of hydrogen-bond acceptors (Lipinski definition) is 3. The van der Waals surface area contributed by atoms with Crippen LogP contribution in [0.3, 0.4) is 0 Å². The van der Waals surface area contributed by atoms with Gasteiger partial charge in [0.1, 0.15) is 11.2 Å². The van der Waals surface area contributed by atoms with Crippen LogP contribution < -0.4 is 10.6 Å². The molecule has 1 aliphatic heterocycles. The van der Waals surface area contributed by atoms with Crippen molar-refractivity contribution in [3.8, 4) is 0 Å². The van der Waals surface area contributed by atoms with E-state index in [0.29, 0.717) is 11.3 Å². The van der Waals surface area contributed by atoms with Crippen molar-refractivity contribution in [1.82, 2.24) is 5.32 Å². The fraction of sp³-hybridized carbons (Fsp3) is 0.435. The lowest BCUT2D eigenvalue weighted by atomic mass is 9.69. The molecule has 0 fully saturated rings. The SMILES string of the molecule is CCC(C)(C)[C@H]1CCc2c(sc3c2C(=O)N[C@H](/C=C/c2ccccc2)N3)C1. The van der Waals surface area contributed by atoms with Gasteiger partial charge in [0.05, 0.1) is 5.56 Å². The zero-order chi connectivity index (χ0) is 19.0. The monoisotopic (exact) mass is 380 g/mol. The largest absolute Gasteiger partial charge is 0.353 e. The molecular formula is C23H28N2OS. The van der Waals surface area contributed by atoms with Crippen molar-refractivity contribution in [3.05, 3.63) is 58.0 Å². The zero-order valence-electron chi connectivity index (χ0n) is 16.3. The Labute approximate surface area is 165 Å². The first-order valence-corrected chi connectivity index (χ1v) is 10.7. The van der Waals surface area contributed by atoms with Gasteiger partial charge in [0.25, 0.3) is 5.91 Å². The van der Waals surface area contributed by atoms with Crippen LogP contribution >= 0.6 is 11.3 Å². The average molecular weight is 381 g/mol. The minimum Gasteiger partial charge on any atom is -0.353 e. The minimum absolute atomic E-state index is 0.0668. The van der Waals surface area contributed by atoms with Crippen LogP contribution in [0, 0.1) is 11.3 Å². The van der Waals surface area contributed by atoms with Crippen LogP contribution in [0.25, 0.3) is 6.08 Å². The molecule has 2 N–H and O–H groups in total. The van der Waals surface area contributed by atoms with Gasteiger partial charge in [-0.3, -0.25) is 4.79 Å². The second-order valence-corrected chi connectivity index (χ2v) is 9.46. The molecule has 0 spiro atoms. The number of carbonyl (C=O) groups excluding carboxylic acids is 1. The van der Waals surface area contributed by atoms with Gasteiger partial charge in [-0.25, -0.2) is 0 Å². The number of rotatable bonds is 4. The predicted octanol–water partition coefficient (Wildman–Crippen LogP) is 5.48. The van der Waals surface area contributed by atoms with Crippen LogP contribution in [0.4, 0.5) is 5.00 Å². The van der Waals surface area contributed by atoms with Gasteiger partial charge in [-0.05, 0) is 47.8 Å². The van der Waals surface area contributed by atoms with Crippen molar-refractivity contribution < 1.29 is 4.79 Å². The molecule has 1 aromatic heterocycles. The van der Waals surface area contributed by atoms with E-state index >= 15 is 0 Å². The summed E-state index contributed by atoms with van der Waals surface area (Å²) >= 11 is 1.79. The Morgan fingerprint density at radius 1 is 1.22 bits per heavy atom. The Morgan fingerprint density at radius 3 is 2.74 bits per heavy atom. The second kappa shape index (κ2) is 7.16. The molecule has 1 aliphatic carbocycles. The molecule has 2 heterocycles. The summed E-state index contributed by atoms with van der Waals surface area (Å²) in [6, 6.07) is 10.2. The number of benzene rings is 1. The minimum atomic E-state index is -0.159. The first kappa shape index (κ1) is 18.3. The van der Waals surface area contributed by atoms with Crippen molar-refractivity contribution in [2.75, 3.05) is 5.32 Å². The Bertz CT molecular complexity index is 866. The Morgan fingerprint density at radius 2 is 2.00 bits per heavy atom. The Hall–Kier alpha value is -2.07. The van der Waals surface area contributed by atoms with Gasteiger partial charge in [-0.2, -0.15) is 0 Å². The molecule has 2 aromatic rings. The summed E-state index contributed by atoms with van der Waals surface area (Å²) in [5.41, 5.74) is 3.67. The molecule has 142 valence electrons. The molecule has 4 rings (SSSR count). The normalized spacial score (nSPS) is 22.1. The van der Waals surface area contributed by atoms with Gasteiger partial charge in [0.15, 0.2) is 0 Å². The topological polar surface area (TPSA) is 41.1 Å². The fourth-order valence-corrected chi connectivity index (χ4v) is 5.50. The van der Waals surface area contributed by atoms with Crippen LogP contribution in [0.1, 0.15) is 60.0 Å². The molecule has 0 radical (unpaired) electrons. The van der Waals surface area contributed by atoms with E-state index in [2.05, 4.69) is 49.6 Å². The van der Waals surface area contributed by atoms with Crippen molar-refractivity contribution in [2.24, 2.45) is 11.3 Å². The van der Waals surface area contributed by atoms with Gasteiger partial charge in [-0.1, -0.05) is 63.6 Å². The summed E-state index contributed by atoms with van der Waals surface area (Å²) < 4.78 is 0. The molecule has 4 heteroatoms. The van der Waals surface area contributed by atoms with Gasteiger partial charge in [-0.15, -0.1) is 11.3 Å². The van der Waals surface area contributed by atoms with Gasteiger partial charge < -0.3 is 10.6 Å². The van der Waals surface area contributed by atoms with Crippen LogP contribution in [-0.4, -0.2) is 12.1 Å². The first-order chi connectivity index (χ1) is 13.0. The lowest BCUT2D eigenvalue weighted by Crippen LogP contribution is -2.43. The van der Waals surface area contributed by atoms with Crippen LogP contribution in [0.15, 0.2) is 36.4 Å². The highest BCUT2D eigenvalue weighted by Gasteiger charge is 2.36. The fourth-order valence-electron chi connectivity index (χ4n) is 4.14. The van der Waals surface area contributed by atoms with Crippen LogP contribution in [0.2, 0.25) is 0 Å². The third kappa shape index (κ3) is 3.55. The smallest absolute Gasteiger partial charge is 0.256 e. The number of amides is 1. The summed E-state index contributed by atoms with van der Waals surface area (Å²) in [7, 11) is 0. The maximum atomic E-state index is 12.8. The van der Waals surface area contributed by atoms with Crippen molar-refractivity contribution in [1.29, 1.82) is 0 Å². The number of nitrogens with one attached hydrogen (secondary N) is 2. The zero-order valence-corrected chi connectivity index (χ0v) is 17.2. The summed E-state index contributed by atoms with van der Waals surface area (Å²) in [5, 5.41) is 7.67. The van der Waals surface area contributed by atoms with Crippen LogP contribution in [-0.2, 0) is 12.8 Å². The van der Waals surface area contributed by atoms with E-state index in [1.807, 2.05) is 24.3 Å². The number of carbonyl (C=O) groups is 1. The molecule has 0 unspecified atom stereocenters. The number of thiophene rings is 1. The molecule has 0 saturated heterocycles. The van der Waals surface area contributed by atoms with E-state index in [-0.39, 0.29) is 12.1 Å². The Kier molecular flexibility index (Phi) is 4.85. The van der Waals surface area contributed by atoms with E-state index in [1.165, 1.54) is 23.3 Å². The maximum absolute atomic E-state index is 12.8. The van der Waals surface area contributed by atoms with Crippen molar-refractivity contribution >= 4 is 28.3 Å². The molecule has 2 atom stereocenters. The molecule has 0 saturated carbocycles. The highest BCUT2D eigenvalue weighted by molar-refractivity contribution is 7.16. The maximum Gasteiger partial charge on any atom is 0.256 e. The lowest BCUT2D eigenvalue weighted by Gasteiger charge is -2.36. The summed E-state index contributed by atoms with van der Waals surface area (Å²) in [5.74, 6) is 0.768. The molecule has 2 aliphatic rings. The molecule has 0 bridgehead atoms.